The summed E-state index contributed by atoms with van der Waals surface area (Å²) in [6, 6.07) is 63.5. The Morgan fingerprint density at radius 1 is 0.364 bits per heavy atom. The van der Waals surface area contributed by atoms with Crippen molar-refractivity contribution < 1.29 is 8.54 Å². The molecule has 2 aliphatic heterocycles. The van der Waals surface area contributed by atoms with Gasteiger partial charge in [-0.1, -0.05) is 0 Å². The number of hydrogen-bond donors (Lipinski definition) is 0. The molecule has 2 nitrogen and oxygen atoms in total. The third-order valence-corrected chi connectivity index (χ3v) is 14.2. The molecule has 0 aliphatic carbocycles. The fourth-order valence-electron chi connectivity index (χ4n) is 6.94. The summed E-state index contributed by atoms with van der Waals surface area (Å²) in [6.07, 6.45) is 0. The number of benzene rings is 6. The summed E-state index contributed by atoms with van der Waals surface area (Å²) in [5, 5.41) is 3.22. The zero-order valence-electron chi connectivity index (χ0n) is 24.1. The van der Waals surface area contributed by atoms with Gasteiger partial charge in [0.15, 0.2) is 0 Å². The van der Waals surface area contributed by atoms with Crippen LogP contribution in [0.5, 0.6) is 0 Å². The summed E-state index contributed by atoms with van der Waals surface area (Å²) in [5.41, 5.74) is 6.37. The van der Waals surface area contributed by atoms with Crippen molar-refractivity contribution in [2.75, 3.05) is 0 Å². The van der Waals surface area contributed by atoms with E-state index in [9.17, 15) is 0 Å². The van der Waals surface area contributed by atoms with Crippen LogP contribution in [0.3, 0.4) is 0 Å². The van der Waals surface area contributed by atoms with Crippen LogP contribution >= 0.6 is 0 Å². The van der Waals surface area contributed by atoms with Crippen LogP contribution < -0.4 is 10.4 Å². The molecule has 0 saturated carbocycles. The molecule has 2 aliphatic rings. The predicted molar refractivity (Wildman–Crippen MR) is 183 cm³/mol. The molecule has 0 fully saturated rings. The topological polar surface area (TPSA) is 20.5 Å². The molecule has 210 valence electrons. The molecule has 0 unspecified atom stereocenters. The Balaban J connectivity index is 1.64. The quantitative estimate of drug-likeness (QED) is 0.143. The standard InChI is InChI=1S/C41H30O2Si/c1-7-19-31(20-8-1)37-39(33-23-11-3-12-24-33)42-44(35-27-15-5-16-28-35,36-29-17-6-18-30-36)41(37)38(32-21-9-2-10-22-32)40(43-44)34-25-13-4-14-26-34/h1-30H. The van der Waals surface area contributed by atoms with Gasteiger partial charge < -0.3 is 0 Å². The van der Waals surface area contributed by atoms with E-state index in [4.69, 9.17) is 8.54 Å². The summed E-state index contributed by atoms with van der Waals surface area (Å²) in [4.78, 5) is 0. The number of carbonyl (C=O) groups excluding carboxylic acids is 1. The van der Waals surface area contributed by atoms with E-state index in [1.807, 2.05) is 12.1 Å². The minimum atomic E-state index is -4.54. The molecule has 0 spiro atoms. The molecule has 0 atom stereocenters. The Bertz CT molecular complexity index is 2010. The van der Waals surface area contributed by atoms with Crippen LogP contribution in [0.1, 0.15) is 26.4 Å². The summed E-state index contributed by atoms with van der Waals surface area (Å²) in [7, 11) is -4.54. The average molecular weight is 583 g/mol. The maximum atomic E-state index is 7.82. The number of rotatable bonds is 6. The molecule has 0 saturated heterocycles. The van der Waals surface area contributed by atoms with Crippen molar-refractivity contribution in [1.82, 2.24) is 0 Å². The van der Waals surface area contributed by atoms with E-state index >= 15 is 0 Å². The van der Waals surface area contributed by atoms with E-state index in [1.54, 1.807) is 0 Å². The second-order valence-corrected chi connectivity index (χ2v) is 15.5. The fraction of sp³-hybridized carbons (Fsp3) is 0. The van der Waals surface area contributed by atoms with Gasteiger partial charge in [0.05, 0.1) is 0 Å². The van der Waals surface area contributed by atoms with E-state index in [-0.39, 0.29) is 0 Å². The van der Waals surface area contributed by atoms with Gasteiger partial charge in [-0.05, 0) is 0 Å². The second-order valence-electron chi connectivity index (χ2n) is 11.3. The van der Waals surface area contributed by atoms with Gasteiger partial charge in [0.1, 0.15) is 0 Å². The van der Waals surface area contributed by atoms with Gasteiger partial charge in [-0.15, -0.1) is 0 Å². The molecule has 6 aromatic rings. The number of fused-ring (bicyclic) bond motifs is 1. The van der Waals surface area contributed by atoms with Crippen LogP contribution in [-0.2, 0) is 4.43 Å². The molecule has 6 aromatic carbocycles. The molecule has 44 heavy (non-hydrogen) atoms. The number of hydrogen-bond acceptors (Lipinski definition) is 1. The van der Waals surface area contributed by atoms with Crippen LogP contribution in [-0.4, -0.2) is 13.6 Å². The van der Waals surface area contributed by atoms with Gasteiger partial charge in [-0.2, -0.15) is 0 Å². The van der Waals surface area contributed by atoms with Crippen molar-refractivity contribution in [3.8, 4) is 0 Å². The second kappa shape index (κ2) is 10.3. The van der Waals surface area contributed by atoms with Gasteiger partial charge in [0.25, 0.3) is 0 Å². The molecule has 3 heteroatoms. The molecule has 0 amide bonds. The molecule has 8 rings (SSSR count). The molecule has 0 aromatic heterocycles. The van der Waals surface area contributed by atoms with Crippen LogP contribution in [0.4, 0.5) is 0 Å². The van der Waals surface area contributed by atoms with Crippen LogP contribution in [0.2, 0.25) is 0 Å². The first kappa shape index (κ1) is 26.1. The zero-order chi connectivity index (χ0) is 29.4. The molecule has 0 N–H and O–H groups in total. The first-order chi connectivity index (χ1) is 21.8. The van der Waals surface area contributed by atoms with E-state index in [1.165, 1.54) is 0 Å². The van der Waals surface area contributed by atoms with Gasteiger partial charge >= 0.3 is 259 Å². The van der Waals surface area contributed by atoms with Gasteiger partial charge in [-0.25, -0.2) is 0 Å². The van der Waals surface area contributed by atoms with E-state index < -0.39 is 7.84 Å². The first-order valence-corrected chi connectivity index (χ1v) is 17.3. The molecular formula is C41H30O2Si. The van der Waals surface area contributed by atoms with Gasteiger partial charge in [0, 0.05) is 0 Å². The maximum absolute atomic E-state index is 7.82. The third kappa shape index (κ3) is 3.76. The molecule has 0 radical (unpaired) electrons. The summed E-state index contributed by atoms with van der Waals surface area (Å²) in [5.74, 6) is 1.68. The Labute approximate surface area is 258 Å². The summed E-state index contributed by atoms with van der Waals surface area (Å²) >= 11 is 0. The van der Waals surface area contributed by atoms with Crippen molar-refractivity contribution in [3.05, 3.63) is 209 Å². The van der Waals surface area contributed by atoms with Gasteiger partial charge in [0.2, 0.25) is 0 Å². The normalized spacial score (nSPS) is 17.3. The van der Waals surface area contributed by atoms with E-state index in [0.717, 1.165) is 60.5 Å². The minimum absolute atomic E-state index is 0.841. The van der Waals surface area contributed by atoms with Crippen molar-refractivity contribution in [1.29, 1.82) is 0 Å². The first-order valence-electron chi connectivity index (χ1n) is 15.0. The predicted octanol–water partition coefficient (Wildman–Crippen LogP) is 8.22. The number of allylic oxidation sites excluding steroid dienone is 3. The van der Waals surface area contributed by atoms with Crippen molar-refractivity contribution in [2.24, 2.45) is 0 Å². The van der Waals surface area contributed by atoms with Crippen molar-refractivity contribution in [2.45, 2.75) is 0 Å². The molecular weight excluding hydrogens is 553 g/mol. The number of ketones is 1. The fourth-order valence-corrected chi connectivity index (χ4v) is 12.8. The zero-order valence-corrected chi connectivity index (χ0v) is 25.1. The van der Waals surface area contributed by atoms with E-state index in [0.29, 0.717) is 0 Å². The monoisotopic (exact) mass is 582 g/mol. The summed E-state index contributed by atoms with van der Waals surface area (Å²) in [6.45, 7) is 0. The van der Waals surface area contributed by atoms with Crippen LogP contribution in [0.15, 0.2) is 187 Å². The molecule has 0 bridgehead atoms. The van der Waals surface area contributed by atoms with Crippen molar-refractivity contribution >= 4 is 40.9 Å². The van der Waals surface area contributed by atoms with Crippen molar-refractivity contribution in [3.63, 3.8) is 0 Å². The third-order valence-electron chi connectivity index (χ3n) is 8.80. The Hall–Kier alpha value is -5.51. The Kier molecular flexibility index (Phi) is 6.14. The molecule has 2 heterocycles. The summed E-state index contributed by atoms with van der Waals surface area (Å²) < 4.78 is 15.6. The Morgan fingerprint density at radius 2 is 0.727 bits per heavy atom. The average Bonchev–Trinajstić information content (AvgIpc) is 3.60. The van der Waals surface area contributed by atoms with E-state index in [2.05, 4.69) is 170 Å². The van der Waals surface area contributed by atoms with Crippen LogP contribution in [0, 0.1) is 0 Å². The SMILES string of the molecule is c1ccc(C2=[O+][Si-]3(c4ccccc4)(c4ccccc4)OC(c4ccccc4)=C(c4ccccc4)C3=C2c2ccccc2)cc1. The Morgan fingerprint density at radius 3 is 1.18 bits per heavy atom. The van der Waals surface area contributed by atoms with Crippen LogP contribution in [0.25, 0.3) is 16.9 Å². The van der Waals surface area contributed by atoms with Gasteiger partial charge in [-0.3, -0.25) is 0 Å².